The molecule has 0 aliphatic heterocycles. The van der Waals surface area contributed by atoms with Crippen LogP contribution >= 0.6 is 0 Å². The second kappa shape index (κ2) is 5.88. The highest BCUT2D eigenvalue weighted by Gasteiger charge is 2.43. The van der Waals surface area contributed by atoms with Crippen LogP contribution in [0.25, 0.3) is 11.0 Å². The van der Waals surface area contributed by atoms with Gasteiger partial charge in [0, 0.05) is 22.7 Å². The summed E-state index contributed by atoms with van der Waals surface area (Å²) in [6.45, 7) is 1.74. The fourth-order valence-corrected chi connectivity index (χ4v) is 2.38. The molecule has 0 unspecified atom stereocenters. The summed E-state index contributed by atoms with van der Waals surface area (Å²) in [5, 5.41) is 2.18. The van der Waals surface area contributed by atoms with E-state index >= 15 is 0 Å². The molecule has 122 valence electrons. The predicted octanol–water partition coefficient (Wildman–Crippen LogP) is 3.83. The zero-order chi connectivity index (χ0) is 17.3. The number of halogens is 2. The van der Waals surface area contributed by atoms with E-state index < -0.39 is 23.0 Å². The van der Waals surface area contributed by atoms with Gasteiger partial charge in [0.05, 0.1) is 0 Å². The summed E-state index contributed by atoms with van der Waals surface area (Å²) < 4.78 is 34.3. The normalized spacial score (nSPS) is 11.5. The van der Waals surface area contributed by atoms with Gasteiger partial charge in [0.2, 0.25) is 0 Å². The minimum Gasteiger partial charge on any atom is -0.423 e. The average molecular weight is 329 g/mol. The first-order chi connectivity index (χ1) is 11.4. The van der Waals surface area contributed by atoms with Gasteiger partial charge in [-0.1, -0.05) is 30.3 Å². The zero-order valence-electron chi connectivity index (χ0n) is 12.7. The number of carbonyl (C=O) groups is 1. The largest absolute Gasteiger partial charge is 0.423 e. The van der Waals surface area contributed by atoms with Crippen molar-refractivity contribution in [2.24, 2.45) is 0 Å². The van der Waals surface area contributed by atoms with E-state index in [1.54, 1.807) is 31.2 Å². The molecule has 0 saturated carbocycles. The lowest BCUT2D eigenvalue weighted by atomic mass is 10.0. The molecule has 1 aromatic heterocycles. The molecule has 3 rings (SSSR count). The number of alkyl halides is 2. The monoisotopic (exact) mass is 329 g/mol. The van der Waals surface area contributed by atoms with Crippen molar-refractivity contribution in [3.8, 4) is 0 Å². The van der Waals surface area contributed by atoms with E-state index in [0.717, 1.165) is 5.56 Å². The van der Waals surface area contributed by atoms with E-state index in [-0.39, 0.29) is 16.7 Å². The molecule has 0 radical (unpaired) electrons. The molecular weight excluding hydrogens is 316 g/mol. The van der Waals surface area contributed by atoms with Crippen LogP contribution in [-0.4, -0.2) is 5.91 Å². The Morgan fingerprint density at radius 1 is 1.08 bits per heavy atom. The van der Waals surface area contributed by atoms with Crippen molar-refractivity contribution < 1.29 is 18.0 Å². The third kappa shape index (κ3) is 2.90. The van der Waals surface area contributed by atoms with E-state index in [1.807, 2.05) is 0 Å². The fraction of sp³-hybridized carbons (Fsp3) is 0.111. The molecule has 6 heteroatoms. The average Bonchev–Trinajstić information content (AvgIpc) is 2.54. The van der Waals surface area contributed by atoms with Crippen LogP contribution in [0.2, 0.25) is 0 Å². The molecule has 0 saturated heterocycles. The maximum Gasteiger partial charge on any atom is 0.351 e. The summed E-state index contributed by atoms with van der Waals surface area (Å²) in [7, 11) is 0. The summed E-state index contributed by atoms with van der Waals surface area (Å²) in [6, 6.07) is 13.1. The predicted molar refractivity (Wildman–Crippen MR) is 86.2 cm³/mol. The standard InChI is InChI=1S/C18H13F2NO3/c1-11-7-8-13-14(10-16(22)24-15(13)9-11)18(19,20)17(23)21-12-5-3-2-4-6-12/h2-10H,1H3,(H,21,23). The molecule has 0 aliphatic rings. The van der Waals surface area contributed by atoms with Crippen LogP contribution in [0.3, 0.4) is 0 Å². The van der Waals surface area contributed by atoms with E-state index in [2.05, 4.69) is 5.32 Å². The van der Waals surface area contributed by atoms with E-state index in [9.17, 15) is 18.4 Å². The molecule has 0 spiro atoms. The number of para-hydroxylation sites is 1. The number of fused-ring (bicyclic) bond motifs is 1. The van der Waals surface area contributed by atoms with Crippen molar-refractivity contribution in [1.29, 1.82) is 0 Å². The Bertz CT molecular complexity index is 965. The number of nitrogens with one attached hydrogen (secondary N) is 1. The van der Waals surface area contributed by atoms with Crippen molar-refractivity contribution >= 4 is 22.6 Å². The Hall–Kier alpha value is -3.02. The number of hydrogen-bond acceptors (Lipinski definition) is 3. The second-order valence-electron chi connectivity index (χ2n) is 5.37. The Balaban J connectivity index is 2.07. The first kappa shape index (κ1) is 15.9. The summed E-state index contributed by atoms with van der Waals surface area (Å²) in [4.78, 5) is 23.7. The molecule has 1 N–H and O–H groups in total. The number of amides is 1. The Labute approximate surface area is 135 Å². The van der Waals surface area contributed by atoms with E-state index in [4.69, 9.17) is 4.42 Å². The molecule has 0 aliphatic carbocycles. The zero-order valence-corrected chi connectivity index (χ0v) is 12.7. The number of anilines is 1. The lowest BCUT2D eigenvalue weighted by Crippen LogP contribution is -2.33. The van der Waals surface area contributed by atoms with Gasteiger partial charge in [-0.15, -0.1) is 0 Å². The van der Waals surface area contributed by atoms with Gasteiger partial charge in [0.25, 0.3) is 5.91 Å². The van der Waals surface area contributed by atoms with Crippen molar-refractivity contribution in [2.45, 2.75) is 12.8 Å². The van der Waals surface area contributed by atoms with Crippen LogP contribution in [0.15, 0.2) is 63.8 Å². The Morgan fingerprint density at radius 2 is 1.79 bits per heavy atom. The smallest absolute Gasteiger partial charge is 0.351 e. The van der Waals surface area contributed by atoms with Crippen molar-refractivity contribution in [3.63, 3.8) is 0 Å². The van der Waals surface area contributed by atoms with Gasteiger partial charge in [-0.05, 0) is 30.7 Å². The number of rotatable bonds is 3. The van der Waals surface area contributed by atoms with Crippen LogP contribution in [0.1, 0.15) is 11.1 Å². The first-order valence-corrected chi connectivity index (χ1v) is 7.17. The molecule has 1 amide bonds. The lowest BCUT2D eigenvalue weighted by Gasteiger charge is -2.17. The van der Waals surface area contributed by atoms with Gasteiger partial charge in [-0.3, -0.25) is 4.79 Å². The second-order valence-corrected chi connectivity index (χ2v) is 5.37. The highest BCUT2D eigenvalue weighted by atomic mass is 19.3. The molecule has 0 atom stereocenters. The number of aryl methyl sites for hydroxylation is 1. The SMILES string of the molecule is Cc1ccc2c(C(F)(F)C(=O)Nc3ccccc3)cc(=O)oc2c1. The van der Waals surface area contributed by atoms with Gasteiger partial charge in [0.1, 0.15) is 5.58 Å². The fourth-order valence-electron chi connectivity index (χ4n) is 2.38. The number of hydrogen-bond donors (Lipinski definition) is 1. The number of benzene rings is 2. The quantitative estimate of drug-likeness (QED) is 0.743. The molecule has 24 heavy (non-hydrogen) atoms. The molecule has 3 aromatic rings. The van der Waals surface area contributed by atoms with Gasteiger partial charge in [0.15, 0.2) is 0 Å². The van der Waals surface area contributed by atoms with E-state index in [0.29, 0.717) is 6.07 Å². The third-order valence-corrected chi connectivity index (χ3v) is 3.56. The summed E-state index contributed by atoms with van der Waals surface area (Å²) in [5.41, 5.74) is -0.604. The molecule has 0 bridgehead atoms. The van der Waals surface area contributed by atoms with Crippen LogP contribution in [-0.2, 0) is 10.7 Å². The highest BCUT2D eigenvalue weighted by molar-refractivity contribution is 5.99. The molecule has 1 heterocycles. The molecule has 2 aromatic carbocycles. The van der Waals surface area contributed by atoms with Crippen molar-refractivity contribution in [3.05, 3.63) is 76.1 Å². The van der Waals surface area contributed by atoms with Crippen LogP contribution in [0.4, 0.5) is 14.5 Å². The molecular formula is C18H13F2NO3. The lowest BCUT2D eigenvalue weighted by molar-refractivity contribution is -0.140. The number of carbonyl (C=O) groups excluding carboxylic acids is 1. The summed E-state index contributed by atoms with van der Waals surface area (Å²) in [6.07, 6.45) is 0. The van der Waals surface area contributed by atoms with Gasteiger partial charge >= 0.3 is 11.5 Å². The Morgan fingerprint density at radius 3 is 2.50 bits per heavy atom. The molecule has 4 nitrogen and oxygen atoms in total. The minimum absolute atomic E-state index is 0.0182. The maximum absolute atomic E-state index is 14.7. The summed E-state index contributed by atoms with van der Waals surface area (Å²) >= 11 is 0. The Kier molecular flexibility index (Phi) is 3.89. The van der Waals surface area contributed by atoms with Gasteiger partial charge in [-0.25, -0.2) is 4.79 Å². The maximum atomic E-state index is 14.7. The van der Waals surface area contributed by atoms with Crippen LogP contribution in [0.5, 0.6) is 0 Å². The minimum atomic E-state index is -3.89. The van der Waals surface area contributed by atoms with Gasteiger partial charge in [-0.2, -0.15) is 8.78 Å². The van der Waals surface area contributed by atoms with Crippen LogP contribution < -0.4 is 10.9 Å². The molecule has 0 fully saturated rings. The summed E-state index contributed by atoms with van der Waals surface area (Å²) in [5.74, 6) is -5.40. The van der Waals surface area contributed by atoms with Gasteiger partial charge < -0.3 is 9.73 Å². The first-order valence-electron chi connectivity index (χ1n) is 7.17. The highest BCUT2D eigenvalue weighted by Crippen LogP contribution is 2.34. The van der Waals surface area contributed by atoms with Crippen LogP contribution in [0, 0.1) is 6.92 Å². The topological polar surface area (TPSA) is 59.3 Å². The van der Waals surface area contributed by atoms with Crippen molar-refractivity contribution in [1.82, 2.24) is 0 Å². The van der Waals surface area contributed by atoms with Crippen molar-refractivity contribution in [2.75, 3.05) is 5.32 Å². The third-order valence-electron chi connectivity index (χ3n) is 3.56. The van der Waals surface area contributed by atoms with E-state index in [1.165, 1.54) is 24.3 Å².